The molecule has 18 heavy (non-hydrogen) atoms. The number of hydrogen-bond acceptors (Lipinski definition) is 4. The number of nitrogens with one attached hydrogen (secondary N) is 1. The Hall–Kier alpha value is -1.66. The van der Waals surface area contributed by atoms with Crippen LogP contribution in [0, 0.1) is 5.82 Å². The van der Waals surface area contributed by atoms with Crippen LogP contribution < -0.4 is 11.1 Å². The average Bonchev–Trinajstić information content (AvgIpc) is 2.26. The Morgan fingerprint density at radius 3 is 2.72 bits per heavy atom. The van der Waals surface area contributed by atoms with Crippen molar-refractivity contribution in [3.8, 4) is 0 Å². The predicted molar refractivity (Wildman–Crippen MR) is 64.6 cm³/mol. The molecule has 0 aromatic heterocycles. The van der Waals surface area contributed by atoms with Gasteiger partial charge in [-0.2, -0.15) is 0 Å². The number of carbonyl (C=O) groups excluding carboxylic acids is 2. The van der Waals surface area contributed by atoms with Gasteiger partial charge in [-0.15, -0.1) is 0 Å². The number of halogens is 2. The molecule has 0 aliphatic heterocycles. The molecule has 1 aromatic carbocycles. The lowest BCUT2D eigenvalue weighted by Gasteiger charge is -2.11. The molecule has 98 valence electrons. The Balaban J connectivity index is 2.72. The third kappa shape index (κ3) is 3.97. The zero-order valence-corrected chi connectivity index (χ0v) is 10.3. The van der Waals surface area contributed by atoms with Crippen molar-refractivity contribution in [2.75, 3.05) is 11.9 Å². The van der Waals surface area contributed by atoms with Crippen LogP contribution in [0.25, 0.3) is 0 Å². The van der Waals surface area contributed by atoms with E-state index in [0.29, 0.717) is 0 Å². The Kier molecular flexibility index (Phi) is 5.06. The molecule has 1 rings (SSSR count). The summed E-state index contributed by atoms with van der Waals surface area (Å²) in [5.74, 6) is -2.25. The van der Waals surface area contributed by atoms with E-state index < -0.39 is 23.7 Å². The summed E-state index contributed by atoms with van der Waals surface area (Å²) in [5, 5.41) is 2.39. The van der Waals surface area contributed by atoms with E-state index in [9.17, 15) is 14.0 Å². The van der Waals surface area contributed by atoms with E-state index in [4.69, 9.17) is 17.3 Å². The maximum absolute atomic E-state index is 13.0. The number of benzene rings is 1. The summed E-state index contributed by atoms with van der Waals surface area (Å²) in [6, 6.07) is 2.01. The van der Waals surface area contributed by atoms with E-state index in [1.54, 1.807) is 6.92 Å². The molecular formula is C11H12ClFN2O3. The van der Waals surface area contributed by atoms with Gasteiger partial charge in [-0.3, -0.25) is 4.79 Å². The number of amides is 1. The van der Waals surface area contributed by atoms with E-state index in [-0.39, 0.29) is 17.3 Å². The van der Waals surface area contributed by atoms with E-state index in [0.717, 1.165) is 12.1 Å². The largest absolute Gasteiger partial charge is 0.464 e. The number of rotatable bonds is 4. The van der Waals surface area contributed by atoms with Crippen LogP contribution in [0.2, 0.25) is 5.02 Å². The first kappa shape index (κ1) is 14.4. The maximum Gasteiger partial charge on any atom is 0.332 e. The van der Waals surface area contributed by atoms with Crippen LogP contribution in [0.4, 0.5) is 10.1 Å². The van der Waals surface area contributed by atoms with Crippen LogP contribution in [0.1, 0.15) is 6.92 Å². The van der Waals surface area contributed by atoms with Gasteiger partial charge in [0.25, 0.3) is 5.91 Å². The van der Waals surface area contributed by atoms with Gasteiger partial charge >= 0.3 is 5.97 Å². The smallest absolute Gasteiger partial charge is 0.332 e. The molecular weight excluding hydrogens is 263 g/mol. The van der Waals surface area contributed by atoms with Crippen LogP contribution in [0.15, 0.2) is 18.2 Å². The molecule has 0 aliphatic rings. The van der Waals surface area contributed by atoms with Crippen LogP contribution >= 0.6 is 11.6 Å². The highest BCUT2D eigenvalue weighted by molar-refractivity contribution is 6.31. The van der Waals surface area contributed by atoms with E-state index >= 15 is 0 Å². The lowest BCUT2D eigenvalue weighted by atomic mass is 10.2. The topological polar surface area (TPSA) is 81.4 Å². The van der Waals surface area contributed by atoms with Gasteiger partial charge in [0.15, 0.2) is 6.04 Å². The molecule has 1 aromatic rings. The van der Waals surface area contributed by atoms with E-state index in [2.05, 4.69) is 10.1 Å². The number of anilines is 1. The average molecular weight is 275 g/mol. The molecule has 0 bridgehead atoms. The van der Waals surface area contributed by atoms with Crippen molar-refractivity contribution in [2.24, 2.45) is 5.73 Å². The summed E-state index contributed by atoms with van der Waals surface area (Å²) in [4.78, 5) is 22.7. The highest BCUT2D eigenvalue weighted by Crippen LogP contribution is 2.18. The summed E-state index contributed by atoms with van der Waals surface area (Å²) in [6.45, 7) is 1.71. The molecule has 5 nitrogen and oxygen atoms in total. The van der Waals surface area contributed by atoms with Gasteiger partial charge in [0, 0.05) is 10.7 Å². The zero-order chi connectivity index (χ0) is 13.7. The molecule has 0 radical (unpaired) electrons. The summed E-state index contributed by atoms with van der Waals surface area (Å²) in [7, 11) is 0. The standard InChI is InChI=1S/C11H12ClFN2O3/c1-2-18-11(17)9(14)10(16)15-8-4-6(12)3-7(13)5-8/h3-5,9H,2,14H2,1H3,(H,15,16). The fourth-order valence-electron chi connectivity index (χ4n) is 1.19. The van der Waals surface area contributed by atoms with Crippen molar-refractivity contribution in [2.45, 2.75) is 13.0 Å². The first-order chi connectivity index (χ1) is 8.43. The zero-order valence-electron chi connectivity index (χ0n) is 9.57. The Labute approximate surface area is 108 Å². The quantitative estimate of drug-likeness (QED) is 0.641. The van der Waals surface area contributed by atoms with E-state index in [1.807, 2.05) is 0 Å². The fraction of sp³-hybridized carbons (Fsp3) is 0.273. The van der Waals surface area contributed by atoms with Crippen molar-refractivity contribution in [1.29, 1.82) is 0 Å². The predicted octanol–water partition coefficient (Wildman–Crippen LogP) is 1.31. The van der Waals surface area contributed by atoms with Gasteiger partial charge in [0.05, 0.1) is 6.61 Å². The van der Waals surface area contributed by atoms with Crippen LogP contribution in [0.3, 0.4) is 0 Å². The minimum atomic E-state index is -1.47. The SMILES string of the molecule is CCOC(=O)C(N)C(=O)Nc1cc(F)cc(Cl)c1. The molecule has 0 saturated carbocycles. The highest BCUT2D eigenvalue weighted by atomic mass is 35.5. The second-order valence-corrected chi connectivity index (χ2v) is 3.81. The third-order valence-electron chi connectivity index (χ3n) is 1.95. The summed E-state index contributed by atoms with van der Waals surface area (Å²) in [6.07, 6.45) is 0. The molecule has 0 saturated heterocycles. The normalized spacial score (nSPS) is 11.8. The third-order valence-corrected chi connectivity index (χ3v) is 2.17. The lowest BCUT2D eigenvalue weighted by Crippen LogP contribution is -2.43. The molecule has 0 fully saturated rings. The number of esters is 1. The lowest BCUT2D eigenvalue weighted by molar-refractivity contribution is -0.146. The number of carbonyl (C=O) groups is 2. The van der Waals surface area contributed by atoms with Crippen molar-refractivity contribution in [3.63, 3.8) is 0 Å². The summed E-state index contributed by atoms with van der Waals surface area (Å²) in [5.41, 5.74) is 5.47. The van der Waals surface area contributed by atoms with Crippen molar-refractivity contribution < 1.29 is 18.7 Å². The van der Waals surface area contributed by atoms with Gasteiger partial charge in [-0.1, -0.05) is 11.6 Å². The van der Waals surface area contributed by atoms with E-state index in [1.165, 1.54) is 6.07 Å². The fourth-order valence-corrected chi connectivity index (χ4v) is 1.41. The Morgan fingerprint density at radius 2 is 2.17 bits per heavy atom. The molecule has 0 spiro atoms. The monoisotopic (exact) mass is 274 g/mol. The molecule has 1 amide bonds. The number of hydrogen-bond donors (Lipinski definition) is 2. The minimum Gasteiger partial charge on any atom is -0.464 e. The van der Waals surface area contributed by atoms with Crippen LogP contribution in [0.5, 0.6) is 0 Å². The molecule has 0 heterocycles. The molecule has 7 heteroatoms. The van der Waals surface area contributed by atoms with Gasteiger partial charge < -0.3 is 15.8 Å². The first-order valence-corrected chi connectivity index (χ1v) is 5.51. The molecule has 3 N–H and O–H groups in total. The number of ether oxygens (including phenoxy) is 1. The van der Waals surface area contributed by atoms with Crippen LogP contribution in [-0.2, 0) is 14.3 Å². The van der Waals surface area contributed by atoms with Gasteiger partial charge in [-0.05, 0) is 25.1 Å². The summed E-state index contributed by atoms with van der Waals surface area (Å²) >= 11 is 5.61. The minimum absolute atomic E-state index is 0.116. The second-order valence-electron chi connectivity index (χ2n) is 3.38. The van der Waals surface area contributed by atoms with Crippen molar-refractivity contribution in [3.05, 3.63) is 29.0 Å². The van der Waals surface area contributed by atoms with Gasteiger partial charge in [0.2, 0.25) is 0 Å². The van der Waals surface area contributed by atoms with Gasteiger partial charge in [-0.25, -0.2) is 9.18 Å². The van der Waals surface area contributed by atoms with Crippen molar-refractivity contribution >= 4 is 29.2 Å². The maximum atomic E-state index is 13.0. The molecule has 0 aliphatic carbocycles. The summed E-state index contributed by atoms with van der Waals surface area (Å²) < 4.78 is 17.6. The second kappa shape index (κ2) is 6.32. The Bertz CT molecular complexity index is 447. The Morgan fingerprint density at radius 1 is 1.50 bits per heavy atom. The highest BCUT2D eigenvalue weighted by Gasteiger charge is 2.23. The molecule has 1 atom stereocenters. The van der Waals surface area contributed by atoms with Crippen LogP contribution in [-0.4, -0.2) is 24.5 Å². The molecule has 1 unspecified atom stereocenters. The van der Waals surface area contributed by atoms with Gasteiger partial charge in [0.1, 0.15) is 5.82 Å². The number of nitrogens with two attached hydrogens (primary N) is 1. The van der Waals surface area contributed by atoms with Crippen molar-refractivity contribution in [1.82, 2.24) is 0 Å². The first-order valence-electron chi connectivity index (χ1n) is 5.13.